The Morgan fingerprint density at radius 1 is 1.16 bits per heavy atom. The van der Waals surface area contributed by atoms with Gasteiger partial charge in [-0.25, -0.2) is 13.4 Å². The number of rotatable bonds is 3. The van der Waals surface area contributed by atoms with E-state index in [9.17, 15) is 13.2 Å². The van der Waals surface area contributed by atoms with E-state index < -0.39 is 10.0 Å². The molecule has 0 spiro atoms. The smallest absolute Gasteiger partial charge is 0.243 e. The molecule has 25 heavy (non-hydrogen) atoms. The van der Waals surface area contributed by atoms with Gasteiger partial charge in [-0.2, -0.15) is 4.31 Å². The summed E-state index contributed by atoms with van der Waals surface area (Å²) in [5.41, 5.74) is 1.56. The molecule has 0 N–H and O–H groups in total. The summed E-state index contributed by atoms with van der Waals surface area (Å²) in [5, 5.41) is 2.84. The lowest BCUT2D eigenvalue weighted by atomic mass is 10.2. The summed E-state index contributed by atoms with van der Waals surface area (Å²) in [6, 6.07) is 4.95. The van der Waals surface area contributed by atoms with Crippen LogP contribution in [0.2, 0.25) is 0 Å². The molecule has 4 rings (SSSR count). The van der Waals surface area contributed by atoms with Gasteiger partial charge in [0, 0.05) is 50.5 Å². The molecule has 1 aromatic heterocycles. The van der Waals surface area contributed by atoms with Gasteiger partial charge in [-0.05, 0) is 23.8 Å². The van der Waals surface area contributed by atoms with Gasteiger partial charge >= 0.3 is 0 Å². The van der Waals surface area contributed by atoms with Gasteiger partial charge < -0.3 is 9.80 Å². The number of sulfonamides is 1. The van der Waals surface area contributed by atoms with Crippen molar-refractivity contribution in [3.8, 4) is 0 Å². The molecule has 0 radical (unpaired) electrons. The fourth-order valence-corrected chi connectivity index (χ4v) is 5.42. The van der Waals surface area contributed by atoms with Gasteiger partial charge in [0.05, 0.1) is 11.3 Å². The third-order valence-corrected chi connectivity index (χ3v) is 7.42. The Morgan fingerprint density at radius 2 is 1.92 bits per heavy atom. The Balaban J connectivity index is 1.53. The summed E-state index contributed by atoms with van der Waals surface area (Å²) >= 11 is 1.56. The van der Waals surface area contributed by atoms with E-state index in [0.29, 0.717) is 26.2 Å². The van der Waals surface area contributed by atoms with Crippen molar-refractivity contribution in [1.29, 1.82) is 0 Å². The number of benzene rings is 1. The SMILES string of the molecule is CN1C(=O)Cc2cc(S(=O)(=O)N3CCN(c4nccs4)CC3)ccc21. The van der Waals surface area contributed by atoms with Gasteiger partial charge in [0.1, 0.15) is 0 Å². The van der Waals surface area contributed by atoms with E-state index in [-0.39, 0.29) is 17.2 Å². The number of carbonyl (C=O) groups is 1. The molecule has 0 atom stereocenters. The standard InChI is InChI=1S/C16H18N4O3S2/c1-18-14-3-2-13(10-12(14)11-15(18)21)25(22,23)20-7-5-19(6-8-20)16-17-4-9-24-16/h2-4,9-10H,5-8,11H2,1H3. The number of amides is 1. The van der Waals surface area contributed by atoms with Crippen molar-refractivity contribution in [2.75, 3.05) is 43.0 Å². The van der Waals surface area contributed by atoms with Crippen molar-refractivity contribution in [1.82, 2.24) is 9.29 Å². The van der Waals surface area contributed by atoms with Crippen LogP contribution in [0, 0.1) is 0 Å². The molecule has 132 valence electrons. The molecule has 0 saturated carbocycles. The number of likely N-dealkylation sites (N-methyl/N-ethyl adjacent to an activating group) is 1. The molecule has 1 aromatic carbocycles. The Hall–Kier alpha value is -1.97. The summed E-state index contributed by atoms with van der Waals surface area (Å²) < 4.78 is 27.4. The third-order valence-electron chi connectivity index (χ3n) is 4.69. The summed E-state index contributed by atoms with van der Waals surface area (Å²) in [4.78, 5) is 20.0. The second-order valence-electron chi connectivity index (χ2n) is 6.13. The number of anilines is 2. The van der Waals surface area contributed by atoms with E-state index in [4.69, 9.17) is 0 Å². The first kappa shape index (κ1) is 16.5. The number of hydrogen-bond acceptors (Lipinski definition) is 6. The molecule has 1 fully saturated rings. The molecule has 2 aliphatic heterocycles. The summed E-state index contributed by atoms with van der Waals surface area (Å²) in [6.07, 6.45) is 2.01. The molecule has 1 amide bonds. The van der Waals surface area contributed by atoms with E-state index in [2.05, 4.69) is 9.88 Å². The molecule has 3 heterocycles. The lowest BCUT2D eigenvalue weighted by molar-refractivity contribution is -0.117. The zero-order chi connectivity index (χ0) is 17.6. The van der Waals surface area contributed by atoms with Crippen LogP contribution in [0.1, 0.15) is 5.56 Å². The van der Waals surface area contributed by atoms with Crippen LogP contribution in [-0.2, 0) is 21.2 Å². The highest BCUT2D eigenvalue weighted by molar-refractivity contribution is 7.89. The van der Waals surface area contributed by atoms with Crippen molar-refractivity contribution in [3.05, 3.63) is 35.3 Å². The average Bonchev–Trinajstić information content (AvgIpc) is 3.24. The molecule has 0 bridgehead atoms. The minimum absolute atomic E-state index is 0.0124. The average molecular weight is 378 g/mol. The quantitative estimate of drug-likeness (QED) is 0.802. The fraction of sp³-hybridized carbons (Fsp3) is 0.375. The van der Waals surface area contributed by atoms with Crippen LogP contribution in [0.4, 0.5) is 10.8 Å². The number of fused-ring (bicyclic) bond motifs is 1. The van der Waals surface area contributed by atoms with Gasteiger partial charge in [-0.15, -0.1) is 11.3 Å². The molecule has 0 unspecified atom stereocenters. The lowest BCUT2D eigenvalue weighted by Gasteiger charge is -2.33. The van der Waals surface area contributed by atoms with Crippen molar-refractivity contribution in [2.24, 2.45) is 0 Å². The second kappa shape index (κ2) is 6.08. The molecule has 2 aromatic rings. The number of hydrogen-bond donors (Lipinski definition) is 0. The van der Waals surface area contributed by atoms with Crippen LogP contribution < -0.4 is 9.80 Å². The molecule has 7 nitrogen and oxygen atoms in total. The van der Waals surface area contributed by atoms with Gasteiger partial charge in [-0.3, -0.25) is 4.79 Å². The van der Waals surface area contributed by atoms with Crippen LogP contribution >= 0.6 is 11.3 Å². The molecule has 9 heteroatoms. The van der Waals surface area contributed by atoms with Gasteiger partial charge in [0.2, 0.25) is 15.9 Å². The van der Waals surface area contributed by atoms with Crippen molar-refractivity contribution in [3.63, 3.8) is 0 Å². The highest BCUT2D eigenvalue weighted by Gasteiger charge is 2.31. The first-order chi connectivity index (χ1) is 12.0. The van der Waals surface area contributed by atoms with Crippen LogP contribution in [-0.4, -0.2) is 56.8 Å². The fourth-order valence-electron chi connectivity index (χ4n) is 3.25. The third kappa shape index (κ3) is 2.82. The zero-order valence-electron chi connectivity index (χ0n) is 13.8. The summed E-state index contributed by atoms with van der Waals surface area (Å²) in [5.74, 6) is -0.0124. The van der Waals surface area contributed by atoms with Crippen LogP contribution in [0.15, 0.2) is 34.7 Å². The number of piperazine rings is 1. The van der Waals surface area contributed by atoms with Crippen LogP contribution in [0.5, 0.6) is 0 Å². The lowest BCUT2D eigenvalue weighted by Crippen LogP contribution is -2.48. The summed E-state index contributed by atoms with van der Waals surface area (Å²) in [7, 11) is -1.84. The predicted octanol–water partition coefficient (Wildman–Crippen LogP) is 1.17. The highest BCUT2D eigenvalue weighted by atomic mass is 32.2. The second-order valence-corrected chi connectivity index (χ2v) is 8.94. The van der Waals surface area contributed by atoms with Gasteiger partial charge in [0.25, 0.3) is 0 Å². The van der Waals surface area contributed by atoms with E-state index in [1.54, 1.807) is 47.7 Å². The van der Waals surface area contributed by atoms with Crippen molar-refractivity contribution in [2.45, 2.75) is 11.3 Å². The molecular formula is C16H18N4O3S2. The Labute approximate surface area is 150 Å². The highest BCUT2D eigenvalue weighted by Crippen LogP contribution is 2.31. The Kier molecular flexibility index (Phi) is 4.01. The number of nitrogens with zero attached hydrogens (tertiary/aromatic N) is 4. The van der Waals surface area contributed by atoms with E-state index in [1.165, 1.54) is 4.31 Å². The Bertz CT molecular complexity index is 903. The predicted molar refractivity (Wildman–Crippen MR) is 96.6 cm³/mol. The summed E-state index contributed by atoms with van der Waals surface area (Å²) in [6.45, 7) is 2.10. The van der Waals surface area contributed by atoms with E-state index in [0.717, 1.165) is 16.4 Å². The molecule has 0 aliphatic carbocycles. The minimum Gasteiger partial charge on any atom is -0.345 e. The number of carbonyl (C=O) groups excluding carboxylic acids is 1. The zero-order valence-corrected chi connectivity index (χ0v) is 15.4. The van der Waals surface area contributed by atoms with Crippen LogP contribution in [0.25, 0.3) is 0 Å². The molecule has 2 aliphatic rings. The maximum Gasteiger partial charge on any atom is 0.243 e. The normalized spacial score (nSPS) is 18.7. The maximum absolute atomic E-state index is 12.9. The van der Waals surface area contributed by atoms with Crippen LogP contribution in [0.3, 0.4) is 0 Å². The topological polar surface area (TPSA) is 73.8 Å². The largest absolute Gasteiger partial charge is 0.345 e. The Morgan fingerprint density at radius 3 is 2.60 bits per heavy atom. The molecular weight excluding hydrogens is 360 g/mol. The van der Waals surface area contributed by atoms with E-state index in [1.807, 2.05) is 5.38 Å². The first-order valence-electron chi connectivity index (χ1n) is 8.01. The monoisotopic (exact) mass is 378 g/mol. The number of thiazole rings is 1. The van der Waals surface area contributed by atoms with Gasteiger partial charge in [-0.1, -0.05) is 0 Å². The van der Waals surface area contributed by atoms with Gasteiger partial charge in [0.15, 0.2) is 5.13 Å². The first-order valence-corrected chi connectivity index (χ1v) is 10.3. The maximum atomic E-state index is 12.9. The van der Waals surface area contributed by atoms with Crippen molar-refractivity contribution < 1.29 is 13.2 Å². The molecule has 1 saturated heterocycles. The minimum atomic E-state index is -3.55. The number of aromatic nitrogens is 1. The van der Waals surface area contributed by atoms with E-state index >= 15 is 0 Å². The van der Waals surface area contributed by atoms with Crippen molar-refractivity contribution >= 4 is 38.1 Å².